The van der Waals surface area contributed by atoms with Crippen molar-refractivity contribution in [2.75, 3.05) is 0 Å². The number of hydrogen-bond donors (Lipinski definition) is 0. The highest BCUT2D eigenvalue weighted by Crippen LogP contribution is 2.30. The number of hydrogen-bond acceptors (Lipinski definition) is 1. The monoisotopic (exact) mass is 246 g/mol. The van der Waals surface area contributed by atoms with Crippen molar-refractivity contribution >= 4 is 11.6 Å². The predicted octanol–water partition coefficient (Wildman–Crippen LogP) is 3.57. The fourth-order valence-corrected chi connectivity index (χ4v) is 2.83. The molecule has 2 nitrogen and oxygen atoms in total. The van der Waals surface area contributed by atoms with Crippen molar-refractivity contribution in [3.05, 3.63) is 52.6 Å². The molecule has 0 aliphatic carbocycles. The molecule has 1 atom stereocenters. The number of nitrogens with zero attached hydrogens (tertiary/aromatic N) is 2. The fourth-order valence-electron chi connectivity index (χ4n) is 2.63. The molecule has 0 bridgehead atoms. The van der Waals surface area contributed by atoms with Gasteiger partial charge in [-0.1, -0.05) is 23.7 Å². The van der Waals surface area contributed by atoms with E-state index in [2.05, 4.69) is 28.6 Å². The molecule has 0 saturated carbocycles. The number of imidazole rings is 1. The Morgan fingerprint density at radius 1 is 1.41 bits per heavy atom. The smallest absolute Gasteiger partial charge is 0.105 e. The maximum Gasteiger partial charge on any atom is 0.105 e. The summed E-state index contributed by atoms with van der Waals surface area (Å²) in [4.78, 5) is 4.38. The van der Waals surface area contributed by atoms with Crippen LogP contribution in [0.2, 0.25) is 5.02 Å². The first-order valence-electron chi connectivity index (χ1n) is 6.00. The number of halogens is 1. The van der Waals surface area contributed by atoms with E-state index in [1.165, 1.54) is 17.7 Å². The zero-order valence-corrected chi connectivity index (χ0v) is 10.6. The van der Waals surface area contributed by atoms with Crippen LogP contribution < -0.4 is 0 Å². The summed E-state index contributed by atoms with van der Waals surface area (Å²) in [5, 5.41) is 0.829. The van der Waals surface area contributed by atoms with E-state index >= 15 is 0 Å². The van der Waals surface area contributed by atoms with Crippen LogP contribution in [0.25, 0.3) is 0 Å². The molecule has 1 aliphatic rings. The van der Waals surface area contributed by atoms with Crippen LogP contribution in [0.15, 0.2) is 30.5 Å². The second-order valence-electron chi connectivity index (χ2n) is 4.70. The molecule has 88 valence electrons. The van der Waals surface area contributed by atoms with Crippen LogP contribution in [0.1, 0.15) is 29.4 Å². The van der Waals surface area contributed by atoms with Crippen molar-refractivity contribution in [1.82, 2.24) is 9.55 Å². The zero-order valence-electron chi connectivity index (χ0n) is 9.86. The molecule has 3 heteroatoms. The van der Waals surface area contributed by atoms with Gasteiger partial charge in [-0.25, -0.2) is 4.98 Å². The lowest BCUT2D eigenvalue weighted by Crippen LogP contribution is -2.19. The average Bonchev–Trinajstić information content (AvgIpc) is 2.71. The summed E-state index contributed by atoms with van der Waals surface area (Å²) in [5.74, 6) is 1.68. The molecule has 2 heterocycles. The summed E-state index contributed by atoms with van der Waals surface area (Å²) < 4.78 is 2.33. The second kappa shape index (κ2) is 4.19. The summed E-state index contributed by atoms with van der Waals surface area (Å²) in [6.07, 6.45) is 4.30. The third kappa shape index (κ3) is 1.98. The van der Waals surface area contributed by atoms with E-state index in [1.54, 1.807) is 0 Å². The van der Waals surface area contributed by atoms with E-state index in [1.807, 2.05) is 18.3 Å². The molecule has 1 aliphatic heterocycles. The van der Waals surface area contributed by atoms with Crippen molar-refractivity contribution in [2.45, 2.75) is 32.2 Å². The highest BCUT2D eigenvalue weighted by atomic mass is 35.5. The van der Waals surface area contributed by atoms with Crippen molar-refractivity contribution in [1.29, 1.82) is 0 Å². The summed E-state index contributed by atoms with van der Waals surface area (Å²) in [7, 11) is 0. The molecule has 1 aromatic carbocycles. The summed E-state index contributed by atoms with van der Waals surface area (Å²) in [6.45, 7) is 3.10. The topological polar surface area (TPSA) is 17.8 Å². The maximum atomic E-state index is 6.06. The van der Waals surface area contributed by atoms with Gasteiger partial charge in [-0.2, -0.15) is 0 Å². The van der Waals surface area contributed by atoms with Gasteiger partial charge in [0.25, 0.3) is 0 Å². The van der Waals surface area contributed by atoms with E-state index in [9.17, 15) is 0 Å². The Kier molecular flexibility index (Phi) is 2.67. The first-order chi connectivity index (χ1) is 8.24. The van der Waals surface area contributed by atoms with Crippen LogP contribution in [0, 0.1) is 6.92 Å². The minimum Gasteiger partial charge on any atom is -0.332 e. The molecule has 0 amide bonds. The first kappa shape index (κ1) is 10.8. The SMILES string of the molecule is Cc1ncc2n1CC(c1cccc(Cl)c1)CC2. The lowest BCUT2D eigenvalue weighted by Gasteiger charge is -2.25. The average molecular weight is 247 g/mol. The number of aromatic nitrogens is 2. The number of rotatable bonds is 1. The fraction of sp³-hybridized carbons (Fsp3) is 0.357. The lowest BCUT2D eigenvalue weighted by molar-refractivity contribution is 0.456. The van der Waals surface area contributed by atoms with Crippen molar-refractivity contribution in [2.24, 2.45) is 0 Å². The van der Waals surface area contributed by atoms with Gasteiger partial charge in [0, 0.05) is 29.4 Å². The van der Waals surface area contributed by atoms with Gasteiger partial charge < -0.3 is 4.57 Å². The Morgan fingerprint density at radius 2 is 2.29 bits per heavy atom. The number of fused-ring (bicyclic) bond motifs is 1. The lowest BCUT2D eigenvalue weighted by atomic mass is 9.91. The van der Waals surface area contributed by atoms with E-state index in [0.29, 0.717) is 5.92 Å². The van der Waals surface area contributed by atoms with Crippen LogP contribution in [-0.4, -0.2) is 9.55 Å². The van der Waals surface area contributed by atoms with E-state index < -0.39 is 0 Å². The summed E-state index contributed by atoms with van der Waals surface area (Å²) in [6, 6.07) is 8.23. The number of benzene rings is 1. The molecule has 0 spiro atoms. The maximum absolute atomic E-state index is 6.06. The minimum atomic E-state index is 0.564. The van der Waals surface area contributed by atoms with E-state index in [-0.39, 0.29) is 0 Å². The van der Waals surface area contributed by atoms with Gasteiger partial charge in [0.1, 0.15) is 5.82 Å². The quantitative estimate of drug-likeness (QED) is 0.752. The highest BCUT2D eigenvalue weighted by molar-refractivity contribution is 6.30. The zero-order chi connectivity index (χ0) is 11.8. The van der Waals surface area contributed by atoms with Gasteiger partial charge in [-0.05, 0) is 37.5 Å². The Labute approximate surface area is 106 Å². The van der Waals surface area contributed by atoms with Crippen LogP contribution >= 0.6 is 11.6 Å². The van der Waals surface area contributed by atoms with Gasteiger partial charge in [0.2, 0.25) is 0 Å². The van der Waals surface area contributed by atoms with Gasteiger partial charge in [-0.15, -0.1) is 0 Å². The van der Waals surface area contributed by atoms with E-state index in [4.69, 9.17) is 11.6 Å². The van der Waals surface area contributed by atoms with Crippen molar-refractivity contribution in [3.8, 4) is 0 Å². The van der Waals surface area contributed by atoms with Gasteiger partial charge in [0.05, 0.1) is 0 Å². The van der Waals surface area contributed by atoms with Crippen LogP contribution in [0.3, 0.4) is 0 Å². The Bertz CT molecular complexity index is 545. The highest BCUT2D eigenvalue weighted by Gasteiger charge is 2.21. The number of aryl methyl sites for hydroxylation is 2. The Hall–Kier alpha value is -1.28. The van der Waals surface area contributed by atoms with Gasteiger partial charge in [0.15, 0.2) is 0 Å². The predicted molar refractivity (Wildman–Crippen MR) is 69.5 cm³/mol. The molecule has 1 unspecified atom stereocenters. The van der Waals surface area contributed by atoms with Crippen molar-refractivity contribution < 1.29 is 0 Å². The molecule has 3 rings (SSSR count). The Morgan fingerprint density at radius 3 is 3.12 bits per heavy atom. The minimum absolute atomic E-state index is 0.564. The molecule has 0 saturated heterocycles. The second-order valence-corrected chi connectivity index (χ2v) is 5.13. The molecular weight excluding hydrogens is 232 g/mol. The standard InChI is InChI=1S/C14H15ClN2/c1-10-16-8-14-6-5-12(9-17(10)14)11-3-2-4-13(15)7-11/h2-4,7-8,12H,5-6,9H2,1H3. The van der Waals surface area contributed by atoms with E-state index in [0.717, 1.165) is 23.8 Å². The molecule has 17 heavy (non-hydrogen) atoms. The molecular formula is C14H15ClN2. The van der Waals surface area contributed by atoms with Gasteiger partial charge in [-0.3, -0.25) is 0 Å². The third-order valence-electron chi connectivity index (χ3n) is 3.61. The van der Waals surface area contributed by atoms with Crippen LogP contribution in [-0.2, 0) is 13.0 Å². The van der Waals surface area contributed by atoms with Crippen LogP contribution in [0.4, 0.5) is 0 Å². The third-order valence-corrected chi connectivity index (χ3v) is 3.84. The van der Waals surface area contributed by atoms with Gasteiger partial charge >= 0.3 is 0 Å². The first-order valence-corrected chi connectivity index (χ1v) is 6.38. The molecule has 0 radical (unpaired) electrons. The largest absolute Gasteiger partial charge is 0.332 e. The van der Waals surface area contributed by atoms with Crippen LogP contribution in [0.5, 0.6) is 0 Å². The molecule has 1 aromatic heterocycles. The molecule has 0 N–H and O–H groups in total. The molecule has 0 fully saturated rings. The molecule has 2 aromatic rings. The summed E-state index contributed by atoms with van der Waals surface area (Å²) in [5.41, 5.74) is 2.71. The van der Waals surface area contributed by atoms with Crippen molar-refractivity contribution in [3.63, 3.8) is 0 Å². The summed E-state index contributed by atoms with van der Waals surface area (Å²) >= 11 is 6.06. The Balaban J connectivity index is 1.91. The normalized spacial score (nSPS) is 19.1.